The molecular formula is C16H19N7. The van der Waals surface area contributed by atoms with Crippen molar-refractivity contribution < 1.29 is 0 Å². The number of nitrogens with one attached hydrogen (secondary N) is 1. The molecule has 0 bridgehead atoms. The van der Waals surface area contributed by atoms with Crippen molar-refractivity contribution in [3.63, 3.8) is 0 Å². The summed E-state index contributed by atoms with van der Waals surface area (Å²) in [6.45, 7) is 6.18. The third kappa shape index (κ3) is 2.58. The Morgan fingerprint density at radius 1 is 1.22 bits per heavy atom. The summed E-state index contributed by atoms with van der Waals surface area (Å²) in [5, 5.41) is 7.83. The highest BCUT2D eigenvalue weighted by molar-refractivity contribution is 5.52. The first kappa shape index (κ1) is 13.9. The normalized spacial score (nSPS) is 15.2. The Morgan fingerprint density at radius 2 is 2.00 bits per heavy atom. The highest BCUT2D eigenvalue weighted by Crippen LogP contribution is 2.23. The Bertz CT molecular complexity index is 806. The van der Waals surface area contributed by atoms with Crippen molar-refractivity contribution in [2.45, 2.75) is 25.8 Å². The molecule has 1 saturated heterocycles. The lowest BCUT2D eigenvalue weighted by Gasteiger charge is -2.41. The predicted molar refractivity (Wildman–Crippen MR) is 88.7 cm³/mol. The van der Waals surface area contributed by atoms with Crippen LogP contribution in [0, 0.1) is 0 Å². The summed E-state index contributed by atoms with van der Waals surface area (Å²) in [7, 11) is 0. The monoisotopic (exact) mass is 309 g/mol. The molecular weight excluding hydrogens is 290 g/mol. The van der Waals surface area contributed by atoms with Gasteiger partial charge in [-0.3, -0.25) is 4.98 Å². The van der Waals surface area contributed by atoms with Crippen molar-refractivity contribution in [3.8, 4) is 0 Å². The Labute approximate surface area is 134 Å². The van der Waals surface area contributed by atoms with Gasteiger partial charge >= 0.3 is 0 Å². The number of hydrogen-bond acceptors (Lipinski definition) is 6. The first-order valence-corrected chi connectivity index (χ1v) is 7.83. The minimum atomic E-state index is 0.354. The molecule has 3 aromatic rings. The molecule has 118 valence electrons. The van der Waals surface area contributed by atoms with E-state index in [-0.39, 0.29) is 0 Å². The van der Waals surface area contributed by atoms with E-state index >= 15 is 0 Å². The number of aromatic nitrogens is 5. The fourth-order valence-electron chi connectivity index (χ4n) is 2.77. The lowest BCUT2D eigenvalue weighted by atomic mass is 10.1. The lowest BCUT2D eigenvalue weighted by Crippen LogP contribution is -2.55. The second kappa shape index (κ2) is 5.49. The minimum absolute atomic E-state index is 0.354. The van der Waals surface area contributed by atoms with E-state index in [2.05, 4.69) is 50.2 Å². The van der Waals surface area contributed by atoms with Crippen LogP contribution in [-0.4, -0.2) is 43.7 Å². The van der Waals surface area contributed by atoms with Gasteiger partial charge in [0.1, 0.15) is 12.1 Å². The van der Waals surface area contributed by atoms with Gasteiger partial charge in [-0.05, 0) is 18.1 Å². The third-order valence-electron chi connectivity index (χ3n) is 4.12. The number of rotatable bonds is 4. The topological polar surface area (TPSA) is 71.2 Å². The second-order valence-electron chi connectivity index (χ2n) is 6.14. The molecule has 7 heteroatoms. The Hall–Kier alpha value is -2.70. The Morgan fingerprint density at radius 3 is 2.74 bits per heavy atom. The standard InChI is InChI=1S/C16H19N7/c1-11(2)14-7-15(23-16(21-14)18-10-19-23)20-12-8-22(9-12)13-3-5-17-6-4-13/h3-7,10-12,20H,8-9H2,1-2H3. The van der Waals surface area contributed by atoms with E-state index in [4.69, 9.17) is 0 Å². The van der Waals surface area contributed by atoms with Gasteiger partial charge in [0, 0.05) is 37.2 Å². The average molecular weight is 309 g/mol. The molecule has 1 aliphatic heterocycles. The zero-order valence-electron chi connectivity index (χ0n) is 13.2. The van der Waals surface area contributed by atoms with Crippen LogP contribution in [0.1, 0.15) is 25.5 Å². The van der Waals surface area contributed by atoms with Crippen molar-refractivity contribution in [2.24, 2.45) is 0 Å². The van der Waals surface area contributed by atoms with Gasteiger partial charge in [0.15, 0.2) is 0 Å². The molecule has 4 heterocycles. The quantitative estimate of drug-likeness (QED) is 0.794. The van der Waals surface area contributed by atoms with Gasteiger partial charge in [-0.2, -0.15) is 14.6 Å². The summed E-state index contributed by atoms with van der Waals surface area (Å²) in [4.78, 5) is 15.1. The molecule has 7 nitrogen and oxygen atoms in total. The molecule has 0 radical (unpaired) electrons. The van der Waals surface area contributed by atoms with Gasteiger partial charge in [0.25, 0.3) is 5.78 Å². The molecule has 1 aliphatic rings. The summed E-state index contributed by atoms with van der Waals surface area (Å²) in [6, 6.07) is 6.53. The summed E-state index contributed by atoms with van der Waals surface area (Å²) < 4.78 is 1.76. The molecule has 0 amide bonds. The molecule has 0 aromatic carbocycles. The number of hydrogen-bond donors (Lipinski definition) is 1. The molecule has 1 N–H and O–H groups in total. The van der Waals surface area contributed by atoms with Gasteiger partial charge in [-0.1, -0.05) is 13.8 Å². The van der Waals surface area contributed by atoms with Crippen LogP contribution < -0.4 is 10.2 Å². The van der Waals surface area contributed by atoms with Gasteiger partial charge in [-0.15, -0.1) is 0 Å². The molecule has 23 heavy (non-hydrogen) atoms. The van der Waals surface area contributed by atoms with E-state index in [0.717, 1.165) is 24.6 Å². The molecule has 3 aromatic heterocycles. The van der Waals surface area contributed by atoms with E-state index in [1.54, 1.807) is 10.8 Å². The Balaban J connectivity index is 1.52. The highest BCUT2D eigenvalue weighted by Gasteiger charge is 2.27. The summed E-state index contributed by atoms with van der Waals surface area (Å²) in [5.74, 6) is 1.95. The van der Waals surface area contributed by atoms with Gasteiger partial charge in [0.05, 0.1) is 11.7 Å². The minimum Gasteiger partial charge on any atom is -0.367 e. The number of fused-ring (bicyclic) bond motifs is 1. The predicted octanol–water partition coefficient (Wildman–Crippen LogP) is 1.94. The van der Waals surface area contributed by atoms with E-state index < -0.39 is 0 Å². The fourth-order valence-corrected chi connectivity index (χ4v) is 2.77. The van der Waals surface area contributed by atoms with Crippen LogP contribution in [0.2, 0.25) is 0 Å². The van der Waals surface area contributed by atoms with Gasteiger partial charge in [-0.25, -0.2) is 4.98 Å². The van der Waals surface area contributed by atoms with Crippen LogP contribution in [0.3, 0.4) is 0 Å². The van der Waals surface area contributed by atoms with Crippen LogP contribution >= 0.6 is 0 Å². The summed E-state index contributed by atoms with van der Waals surface area (Å²) >= 11 is 0. The van der Waals surface area contributed by atoms with Gasteiger partial charge in [0.2, 0.25) is 0 Å². The zero-order valence-corrected chi connectivity index (χ0v) is 13.2. The van der Waals surface area contributed by atoms with Crippen molar-refractivity contribution in [1.29, 1.82) is 0 Å². The van der Waals surface area contributed by atoms with Crippen molar-refractivity contribution in [3.05, 3.63) is 42.6 Å². The molecule has 0 saturated carbocycles. The SMILES string of the molecule is CC(C)c1cc(NC2CN(c3ccncc3)C2)n2ncnc2n1. The van der Waals surface area contributed by atoms with Crippen LogP contribution in [0.5, 0.6) is 0 Å². The van der Waals surface area contributed by atoms with Crippen molar-refractivity contribution in [1.82, 2.24) is 24.6 Å². The maximum Gasteiger partial charge on any atom is 0.254 e. The van der Waals surface area contributed by atoms with Crippen LogP contribution in [0.25, 0.3) is 5.78 Å². The number of nitrogens with zero attached hydrogens (tertiary/aromatic N) is 6. The first-order chi connectivity index (χ1) is 11.2. The third-order valence-corrected chi connectivity index (χ3v) is 4.12. The van der Waals surface area contributed by atoms with E-state index in [9.17, 15) is 0 Å². The number of pyridine rings is 1. The molecule has 1 fully saturated rings. The second-order valence-corrected chi connectivity index (χ2v) is 6.14. The van der Waals surface area contributed by atoms with E-state index in [0.29, 0.717) is 17.7 Å². The highest BCUT2D eigenvalue weighted by atomic mass is 15.4. The van der Waals surface area contributed by atoms with Crippen molar-refractivity contribution >= 4 is 17.3 Å². The van der Waals surface area contributed by atoms with Crippen LogP contribution in [-0.2, 0) is 0 Å². The van der Waals surface area contributed by atoms with Crippen molar-refractivity contribution in [2.75, 3.05) is 23.3 Å². The maximum atomic E-state index is 4.54. The zero-order chi connectivity index (χ0) is 15.8. The molecule has 0 aliphatic carbocycles. The lowest BCUT2D eigenvalue weighted by molar-refractivity contribution is 0.546. The Kier molecular flexibility index (Phi) is 3.33. The first-order valence-electron chi connectivity index (χ1n) is 7.83. The van der Waals surface area contributed by atoms with Crippen LogP contribution in [0.4, 0.5) is 11.5 Å². The van der Waals surface area contributed by atoms with E-state index in [1.807, 2.05) is 24.5 Å². The molecule has 0 unspecified atom stereocenters. The largest absolute Gasteiger partial charge is 0.367 e. The van der Waals surface area contributed by atoms with Crippen LogP contribution in [0.15, 0.2) is 36.9 Å². The van der Waals surface area contributed by atoms with E-state index in [1.165, 1.54) is 5.69 Å². The average Bonchev–Trinajstić information content (AvgIpc) is 2.99. The molecule has 0 spiro atoms. The maximum absolute atomic E-state index is 4.54. The number of anilines is 2. The molecule has 4 rings (SSSR count). The summed E-state index contributed by atoms with van der Waals surface area (Å²) in [6.07, 6.45) is 5.20. The molecule has 0 atom stereocenters. The smallest absolute Gasteiger partial charge is 0.254 e. The van der Waals surface area contributed by atoms with Gasteiger partial charge < -0.3 is 10.2 Å². The summed E-state index contributed by atoms with van der Waals surface area (Å²) in [5.41, 5.74) is 2.24. The fraction of sp³-hybridized carbons (Fsp3) is 0.375.